The summed E-state index contributed by atoms with van der Waals surface area (Å²) in [4.78, 5) is 0. The van der Waals surface area contributed by atoms with Crippen molar-refractivity contribution in [2.45, 2.75) is 33.2 Å². The molecular weight excluding hydrogens is 238 g/mol. The second-order valence-electron chi connectivity index (χ2n) is 5.83. The van der Waals surface area contributed by atoms with E-state index in [0.29, 0.717) is 5.41 Å². The molecule has 3 heteroatoms. The summed E-state index contributed by atoms with van der Waals surface area (Å²) in [5.74, 6) is 0.958. The minimum Gasteiger partial charge on any atom is -0.496 e. The maximum absolute atomic E-state index is 5.43. The molecule has 0 amide bonds. The first-order valence-electron chi connectivity index (χ1n) is 7.05. The fourth-order valence-corrected chi connectivity index (χ4v) is 2.60. The van der Waals surface area contributed by atoms with Crippen LogP contribution >= 0.6 is 0 Å². The Bertz CT molecular complexity index is 411. The Morgan fingerprint density at radius 3 is 2.68 bits per heavy atom. The number of benzene rings is 1. The minimum atomic E-state index is 0.389. The van der Waals surface area contributed by atoms with Crippen LogP contribution < -0.4 is 10.1 Å². The normalized spacial score (nSPS) is 18.3. The summed E-state index contributed by atoms with van der Waals surface area (Å²) in [6.45, 7) is 8.21. The highest BCUT2D eigenvalue weighted by atomic mass is 16.5. The first kappa shape index (κ1) is 14.4. The molecule has 0 saturated carbocycles. The highest BCUT2D eigenvalue weighted by molar-refractivity contribution is 5.36. The van der Waals surface area contributed by atoms with E-state index in [2.05, 4.69) is 31.3 Å². The first-order valence-corrected chi connectivity index (χ1v) is 7.05. The largest absolute Gasteiger partial charge is 0.496 e. The van der Waals surface area contributed by atoms with Gasteiger partial charge < -0.3 is 14.8 Å². The molecule has 3 nitrogen and oxygen atoms in total. The van der Waals surface area contributed by atoms with Crippen molar-refractivity contribution in [3.63, 3.8) is 0 Å². The van der Waals surface area contributed by atoms with Gasteiger partial charge >= 0.3 is 0 Å². The van der Waals surface area contributed by atoms with E-state index in [0.717, 1.165) is 44.9 Å². The van der Waals surface area contributed by atoms with E-state index in [-0.39, 0.29) is 0 Å². The summed E-state index contributed by atoms with van der Waals surface area (Å²) in [6, 6.07) is 6.37. The Morgan fingerprint density at radius 1 is 1.32 bits per heavy atom. The number of nitrogens with one attached hydrogen (secondary N) is 1. The molecule has 1 fully saturated rings. The molecule has 0 atom stereocenters. The molecular formula is C16H25NO2. The Labute approximate surface area is 116 Å². The summed E-state index contributed by atoms with van der Waals surface area (Å²) in [5.41, 5.74) is 2.90. The molecule has 0 bridgehead atoms. The summed E-state index contributed by atoms with van der Waals surface area (Å²) in [5, 5.41) is 3.58. The van der Waals surface area contributed by atoms with Crippen LogP contribution in [0.4, 0.5) is 0 Å². The van der Waals surface area contributed by atoms with Gasteiger partial charge in [-0.15, -0.1) is 0 Å². The summed E-state index contributed by atoms with van der Waals surface area (Å²) >= 11 is 0. The zero-order valence-electron chi connectivity index (χ0n) is 12.3. The topological polar surface area (TPSA) is 30.5 Å². The molecule has 1 aromatic carbocycles. The zero-order chi connectivity index (χ0) is 13.7. The van der Waals surface area contributed by atoms with Crippen molar-refractivity contribution in [3.8, 4) is 5.75 Å². The van der Waals surface area contributed by atoms with Crippen LogP contribution in [0.5, 0.6) is 5.75 Å². The lowest BCUT2D eigenvalue weighted by molar-refractivity contribution is 0.0240. The summed E-state index contributed by atoms with van der Waals surface area (Å²) in [7, 11) is 1.71. The summed E-state index contributed by atoms with van der Waals surface area (Å²) in [6.07, 6.45) is 2.31. The van der Waals surface area contributed by atoms with E-state index in [1.54, 1.807) is 7.11 Å². The van der Waals surface area contributed by atoms with Gasteiger partial charge in [-0.25, -0.2) is 0 Å². The van der Waals surface area contributed by atoms with Crippen molar-refractivity contribution in [1.82, 2.24) is 5.32 Å². The quantitative estimate of drug-likeness (QED) is 0.886. The molecule has 1 N–H and O–H groups in total. The molecule has 0 aromatic heterocycles. The van der Waals surface area contributed by atoms with Crippen LogP contribution in [0.2, 0.25) is 0 Å². The van der Waals surface area contributed by atoms with Gasteiger partial charge in [-0.05, 0) is 42.4 Å². The van der Waals surface area contributed by atoms with E-state index in [1.165, 1.54) is 11.1 Å². The van der Waals surface area contributed by atoms with E-state index in [9.17, 15) is 0 Å². The number of rotatable bonds is 5. The van der Waals surface area contributed by atoms with Gasteiger partial charge in [0.15, 0.2) is 0 Å². The molecule has 1 saturated heterocycles. The van der Waals surface area contributed by atoms with Crippen molar-refractivity contribution < 1.29 is 9.47 Å². The fourth-order valence-electron chi connectivity index (χ4n) is 2.60. The Balaban J connectivity index is 1.83. The van der Waals surface area contributed by atoms with Gasteiger partial charge in [-0.3, -0.25) is 0 Å². The van der Waals surface area contributed by atoms with Crippen molar-refractivity contribution in [3.05, 3.63) is 29.3 Å². The highest BCUT2D eigenvalue weighted by Gasteiger charge is 2.26. The van der Waals surface area contributed by atoms with Crippen LogP contribution in [0.1, 0.15) is 30.9 Å². The molecule has 1 heterocycles. The first-order chi connectivity index (χ1) is 9.13. The van der Waals surface area contributed by atoms with Gasteiger partial charge in [-0.1, -0.05) is 19.1 Å². The van der Waals surface area contributed by atoms with Crippen LogP contribution in [0.25, 0.3) is 0 Å². The number of ether oxygens (including phenoxy) is 2. The van der Waals surface area contributed by atoms with Crippen LogP contribution in [0, 0.1) is 12.3 Å². The number of methoxy groups -OCH3 is 1. The lowest BCUT2D eigenvalue weighted by Crippen LogP contribution is -2.36. The average Bonchev–Trinajstić information content (AvgIpc) is 2.39. The zero-order valence-corrected chi connectivity index (χ0v) is 12.3. The van der Waals surface area contributed by atoms with Crippen LogP contribution in [0.15, 0.2) is 18.2 Å². The molecule has 0 aliphatic carbocycles. The van der Waals surface area contributed by atoms with Crippen molar-refractivity contribution in [2.24, 2.45) is 5.41 Å². The molecule has 1 aromatic rings. The Morgan fingerprint density at radius 2 is 2.05 bits per heavy atom. The van der Waals surface area contributed by atoms with Gasteiger partial charge in [0.05, 0.1) is 7.11 Å². The van der Waals surface area contributed by atoms with E-state index in [4.69, 9.17) is 9.47 Å². The van der Waals surface area contributed by atoms with Gasteiger partial charge in [0.25, 0.3) is 0 Å². The molecule has 0 radical (unpaired) electrons. The van der Waals surface area contributed by atoms with Gasteiger partial charge in [0.1, 0.15) is 5.75 Å². The number of aryl methyl sites for hydroxylation is 1. The molecule has 0 unspecified atom stereocenters. The van der Waals surface area contributed by atoms with E-state index < -0.39 is 0 Å². The van der Waals surface area contributed by atoms with Gasteiger partial charge in [0, 0.05) is 26.3 Å². The fraction of sp³-hybridized carbons (Fsp3) is 0.625. The molecule has 106 valence electrons. The molecule has 1 aliphatic heterocycles. The van der Waals surface area contributed by atoms with Gasteiger partial charge in [-0.2, -0.15) is 0 Å². The predicted molar refractivity (Wildman–Crippen MR) is 77.6 cm³/mol. The second kappa shape index (κ2) is 6.40. The van der Waals surface area contributed by atoms with Crippen LogP contribution in [-0.4, -0.2) is 26.9 Å². The molecule has 1 aliphatic rings. The highest BCUT2D eigenvalue weighted by Crippen LogP contribution is 2.28. The minimum absolute atomic E-state index is 0.389. The average molecular weight is 263 g/mol. The van der Waals surface area contributed by atoms with E-state index >= 15 is 0 Å². The standard InChI is InChI=1S/C16H25NO2/c1-13-10-14(4-5-15(13)18-3)11-17-12-16(2)6-8-19-9-7-16/h4-5,10,17H,6-9,11-12H2,1-3H3. The summed E-state index contributed by atoms with van der Waals surface area (Å²) < 4.78 is 10.7. The molecule has 2 rings (SSSR count). The smallest absolute Gasteiger partial charge is 0.121 e. The van der Waals surface area contributed by atoms with Crippen molar-refractivity contribution in [2.75, 3.05) is 26.9 Å². The molecule has 0 spiro atoms. The Kier molecular flexibility index (Phi) is 4.83. The number of hydrogen-bond donors (Lipinski definition) is 1. The third-order valence-electron chi connectivity index (χ3n) is 4.04. The van der Waals surface area contributed by atoms with Crippen molar-refractivity contribution >= 4 is 0 Å². The number of hydrogen-bond acceptors (Lipinski definition) is 3. The lowest BCUT2D eigenvalue weighted by atomic mass is 9.82. The second-order valence-corrected chi connectivity index (χ2v) is 5.83. The van der Waals surface area contributed by atoms with Crippen LogP contribution in [0.3, 0.4) is 0 Å². The lowest BCUT2D eigenvalue weighted by Gasteiger charge is -2.33. The predicted octanol–water partition coefficient (Wildman–Crippen LogP) is 2.91. The monoisotopic (exact) mass is 263 g/mol. The van der Waals surface area contributed by atoms with Gasteiger partial charge in [0.2, 0.25) is 0 Å². The maximum atomic E-state index is 5.43. The SMILES string of the molecule is COc1ccc(CNCC2(C)CCOCC2)cc1C. The molecule has 19 heavy (non-hydrogen) atoms. The van der Waals surface area contributed by atoms with Crippen LogP contribution in [-0.2, 0) is 11.3 Å². The third kappa shape index (κ3) is 3.95. The van der Waals surface area contributed by atoms with E-state index in [1.807, 2.05) is 6.07 Å². The third-order valence-corrected chi connectivity index (χ3v) is 4.04. The van der Waals surface area contributed by atoms with Crippen molar-refractivity contribution in [1.29, 1.82) is 0 Å². The Hall–Kier alpha value is -1.06. The maximum Gasteiger partial charge on any atom is 0.121 e.